The van der Waals surface area contributed by atoms with Gasteiger partial charge < -0.3 is 20.5 Å². The smallest absolute Gasteiger partial charge is 0.269 e. The molecular formula is C28H35N3O4. The second-order valence-electron chi connectivity index (χ2n) is 9.54. The molecule has 2 aliphatic rings. The number of nitrogens with one attached hydrogen (secondary N) is 2. The average molecular weight is 478 g/mol. The summed E-state index contributed by atoms with van der Waals surface area (Å²) < 4.78 is 5.26. The number of benzene rings is 2. The molecule has 7 heteroatoms. The summed E-state index contributed by atoms with van der Waals surface area (Å²) in [7, 11) is 1.63. The lowest BCUT2D eigenvalue weighted by atomic mass is 9.91. The molecule has 2 aromatic rings. The van der Waals surface area contributed by atoms with Gasteiger partial charge in [-0.2, -0.15) is 0 Å². The molecule has 0 aromatic heterocycles. The first-order valence-electron chi connectivity index (χ1n) is 12.6. The molecule has 3 N–H and O–H groups in total. The Morgan fingerprint density at radius 1 is 1.20 bits per heavy atom. The lowest BCUT2D eigenvalue weighted by Gasteiger charge is -2.24. The molecule has 186 valence electrons. The van der Waals surface area contributed by atoms with Crippen LogP contribution in [0.2, 0.25) is 0 Å². The summed E-state index contributed by atoms with van der Waals surface area (Å²) in [6, 6.07) is 15.2. The predicted octanol–water partition coefficient (Wildman–Crippen LogP) is 4.09. The number of unbranched alkanes of at least 4 members (excludes halogenated alkanes) is 1. The Labute approximate surface area is 207 Å². The van der Waals surface area contributed by atoms with E-state index in [1.165, 1.54) is 0 Å². The molecule has 1 aliphatic carbocycles. The molecule has 4 rings (SSSR count). The Morgan fingerprint density at radius 3 is 2.63 bits per heavy atom. The van der Waals surface area contributed by atoms with Crippen LogP contribution in [-0.4, -0.2) is 42.0 Å². The molecule has 0 saturated heterocycles. The first-order valence-corrected chi connectivity index (χ1v) is 12.6. The largest absolute Gasteiger partial charge is 0.497 e. The van der Waals surface area contributed by atoms with Crippen LogP contribution in [0.4, 0.5) is 5.69 Å². The van der Waals surface area contributed by atoms with Crippen molar-refractivity contribution < 1.29 is 19.4 Å². The van der Waals surface area contributed by atoms with E-state index in [1.54, 1.807) is 7.11 Å². The molecule has 1 saturated carbocycles. The van der Waals surface area contributed by atoms with E-state index in [0.717, 1.165) is 42.6 Å². The van der Waals surface area contributed by atoms with Gasteiger partial charge in [0.05, 0.1) is 24.8 Å². The van der Waals surface area contributed by atoms with Gasteiger partial charge in [-0.25, -0.2) is 0 Å². The highest BCUT2D eigenvalue weighted by Crippen LogP contribution is 2.37. The highest BCUT2D eigenvalue weighted by Gasteiger charge is 2.36. The SMILES string of the molecule is CCCCC(O)C(CC1CC1)C(=O)NC1N=C(Cc2ccc(OC)cc2)c2ccccc2NC1=O. The summed E-state index contributed by atoms with van der Waals surface area (Å²) in [6.07, 6.45) is 3.93. The number of methoxy groups -OCH3 is 1. The first kappa shape index (κ1) is 24.9. The minimum Gasteiger partial charge on any atom is -0.497 e. The molecule has 0 spiro atoms. The number of amides is 2. The molecular weight excluding hydrogens is 442 g/mol. The fourth-order valence-corrected chi connectivity index (χ4v) is 4.51. The van der Waals surface area contributed by atoms with Crippen molar-refractivity contribution in [2.75, 3.05) is 12.4 Å². The van der Waals surface area contributed by atoms with Crippen molar-refractivity contribution in [3.63, 3.8) is 0 Å². The molecule has 0 radical (unpaired) electrons. The topological polar surface area (TPSA) is 100 Å². The van der Waals surface area contributed by atoms with Gasteiger partial charge in [0, 0.05) is 17.7 Å². The number of para-hydroxylation sites is 1. The van der Waals surface area contributed by atoms with Crippen LogP contribution in [-0.2, 0) is 16.0 Å². The van der Waals surface area contributed by atoms with Crippen molar-refractivity contribution in [2.24, 2.45) is 16.8 Å². The number of aliphatic hydroxyl groups is 1. The van der Waals surface area contributed by atoms with Crippen LogP contribution in [0.25, 0.3) is 0 Å². The van der Waals surface area contributed by atoms with E-state index in [2.05, 4.69) is 17.6 Å². The van der Waals surface area contributed by atoms with E-state index in [-0.39, 0.29) is 11.8 Å². The van der Waals surface area contributed by atoms with E-state index < -0.39 is 18.2 Å². The molecule has 1 heterocycles. The number of aliphatic hydroxyl groups excluding tert-OH is 1. The number of hydrogen-bond acceptors (Lipinski definition) is 5. The fraction of sp³-hybridized carbons (Fsp3) is 0.464. The summed E-state index contributed by atoms with van der Waals surface area (Å²) in [5.74, 6) is 0.0151. The quantitative estimate of drug-likeness (QED) is 0.454. The number of ether oxygens (including phenoxy) is 1. The van der Waals surface area contributed by atoms with E-state index in [4.69, 9.17) is 9.73 Å². The minimum absolute atomic E-state index is 0.306. The van der Waals surface area contributed by atoms with Gasteiger partial charge in [-0.15, -0.1) is 0 Å². The van der Waals surface area contributed by atoms with Crippen LogP contribution in [0.15, 0.2) is 53.5 Å². The first-order chi connectivity index (χ1) is 17.0. The maximum absolute atomic E-state index is 13.3. The molecule has 0 bridgehead atoms. The molecule has 1 fully saturated rings. The number of benzodiazepines with no additional fused rings is 1. The zero-order valence-electron chi connectivity index (χ0n) is 20.5. The van der Waals surface area contributed by atoms with Crippen LogP contribution in [0.3, 0.4) is 0 Å². The van der Waals surface area contributed by atoms with Crippen molar-refractivity contribution in [1.82, 2.24) is 5.32 Å². The Hall–Kier alpha value is -3.19. The maximum Gasteiger partial charge on any atom is 0.269 e. The van der Waals surface area contributed by atoms with Crippen molar-refractivity contribution in [3.05, 3.63) is 59.7 Å². The molecule has 35 heavy (non-hydrogen) atoms. The van der Waals surface area contributed by atoms with E-state index in [1.807, 2.05) is 48.5 Å². The number of aliphatic imine (C=N–C) groups is 1. The van der Waals surface area contributed by atoms with Crippen molar-refractivity contribution in [2.45, 2.75) is 64.1 Å². The lowest BCUT2D eigenvalue weighted by Crippen LogP contribution is -2.47. The van der Waals surface area contributed by atoms with Gasteiger partial charge in [-0.05, 0) is 42.5 Å². The fourth-order valence-electron chi connectivity index (χ4n) is 4.51. The molecule has 2 aromatic carbocycles. The Bertz CT molecular complexity index is 1060. The number of rotatable bonds is 11. The second-order valence-corrected chi connectivity index (χ2v) is 9.54. The number of hydrogen-bond donors (Lipinski definition) is 3. The summed E-state index contributed by atoms with van der Waals surface area (Å²) in [5, 5.41) is 16.5. The van der Waals surface area contributed by atoms with Crippen molar-refractivity contribution >= 4 is 23.2 Å². The lowest BCUT2D eigenvalue weighted by molar-refractivity contribution is -0.132. The summed E-state index contributed by atoms with van der Waals surface area (Å²) >= 11 is 0. The van der Waals surface area contributed by atoms with E-state index >= 15 is 0 Å². The van der Waals surface area contributed by atoms with Crippen LogP contribution in [0, 0.1) is 11.8 Å². The third kappa shape index (κ3) is 6.48. The number of carbonyl (C=O) groups is 2. The van der Waals surface area contributed by atoms with Crippen LogP contribution in [0.1, 0.15) is 56.6 Å². The van der Waals surface area contributed by atoms with Gasteiger partial charge in [0.15, 0.2) is 0 Å². The van der Waals surface area contributed by atoms with Gasteiger partial charge in [-0.3, -0.25) is 14.6 Å². The Morgan fingerprint density at radius 2 is 1.94 bits per heavy atom. The summed E-state index contributed by atoms with van der Waals surface area (Å²) in [5.41, 5.74) is 3.21. The standard InChI is InChI=1S/C28H35N3O4/c1-3-4-9-25(32)22(16-18-10-11-18)27(33)31-26-28(34)30-23-8-6-5-7-21(23)24(29-26)17-19-12-14-20(35-2)15-13-19/h5-8,12-15,18,22,25-26,32H,3-4,9-11,16-17H2,1-2H3,(H,30,34)(H,31,33). The van der Waals surface area contributed by atoms with Crippen molar-refractivity contribution in [1.29, 1.82) is 0 Å². The maximum atomic E-state index is 13.3. The van der Waals surface area contributed by atoms with Gasteiger partial charge in [-0.1, -0.05) is 62.9 Å². The average Bonchev–Trinajstić information content (AvgIpc) is 3.70. The molecule has 2 amide bonds. The second kappa shape index (κ2) is 11.5. The number of anilines is 1. The summed E-state index contributed by atoms with van der Waals surface area (Å²) in [6.45, 7) is 2.06. The van der Waals surface area contributed by atoms with E-state index in [0.29, 0.717) is 36.6 Å². The highest BCUT2D eigenvalue weighted by molar-refractivity contribution is 6.13. The van der Waals surface area contributed by atoms with E-state index in [9.17, 15) is 14.7 Å². The zero-order chi connectivity index (χ0) is 24.8. The Kier molecular flexibility index (Phi) is 8.18. The normalized spacial score (nSPS) is 19.0. The third-order valence-electron chi connectivity index (χ3n) is 6.78. The predicted molar refractivity (Wildman–Crippen MR) is 137 cm³/mol. The van der Waals surface area contributed by atoms with Crippen molar-refractivity contribution in [3.8, 4) is 5.75 Å². The summed E-state index contributed by atoms with van der Waals surface area (Å²) in [4.78, 5) is 31.1. The van der Waals surface area contributed by atoms with Gasteiger partial charge >= 0.3 is 0 Å². The van der Waals surface area contributed by atoms with Gasteiger partial charge in [0.25, 0.3) is 5.91 Å². The van der Waals surface area contributed by atoms with Gasteiger partial charge in [0.2, 0.25) is 12.1 Å². The molecule has 3 unspecified atom stereocenters. The Balaban J connectivity index is 1.58. The number of nitrogens with zero attached hydrogens (tertiary/aromatic N) is 1. The monoisotopic (exact) mass is 477 g/mol. The number of carbonyl (C=O) groups excluding carboxylic acids is 2. The van der Waals surface area contributed by atoms with Crippen LogP contribution in [0.5, 0.6) is 5.75 Å². The van der Waals surface area contributed by atoms with Gasteiger partial charge in [0.1, 0.15) is 5.75 Å². The third-order valence-corrected chi connectivity index (χ3v) is 6.78. The van der Waals surface area contributed by atoms with Crippen LogP contribution >= 0.6 is 0 Å². The minimum atomic E-state index is -1.07. The number of fused-ring (bicyclic) bond motifs is 1. The molecule has 3 atom stereocenters. The van der Waals surface area contributed by atoms with Crippen LogP contribution < -0.4 is 15.4 Å². The zero-order valence-corrected chi connectivity index (χ0v) is 20.5. The molecule has 1 aliphatic heterocycles. The molecule has 7 nitrogen and oxygen atoms in total. The highest BCUT2D eigenvalue weighted by atomic mass is 16.5.